The lowest BCUT2D eigenvalue weighted by atomic mass is 11.9. The molecule has 0 aliphatic carbocycles. The van der Waals surface area contributed by atoms with Gasteiger partial charge < -0.3 is 0 Å². The van der Waals surface area contributed by atoms with Crippen LogP contribution >= 0.6 is 188 Å². The van der Waals surface area contributed by atoms with Gasteiger partial charge in [-0.25, -0.2) is 0 Å². The predicted octanol–water partition coefficient (Wildman–Crippen LogP) is 25.8. The SMILES string of the molecule is C.C.C.C.C.C.C.C.C.C.C.C.C.C.C.C.CSC.CSC.CSC.CSC.CSC.CSC.CSC.CSC.CSC.CSC.CSC.CSC.CSC.CSC.CSC.CSC. The van der Waals surface area contributed by atoms with Crippen molar-refractivity contribution in [3.63, 3.8) is 0 Å². The van der Waals surface area contributed by atoms with E-state index in [1.54, 1.807) is 188 Å². The monoisotopic (exact) mass is 1250 g/mol. The van der Waals surface area contributed by atoms with Crippen molar-refractivity contribution in [2.24, 2.45) is 0 Å². The first-order valence-corrected chi connectivity index (χ1v) is 39.2. The van der Waals surface area contributed by atoms with Gasteiger partial charge in [-0.05, 0) is 200 Å². The first kappa shape index (κ1) is 232. The Morgan fingerprint density at radius 3 is 0.0781 bits per heavy atom. The van der Waals surface area contributed by atoms with Crippen molar-refractivity contribution in [1.82, 2.24) is 0 Å². The summed E-state index contributed by atoms with van der Waals surface area (Å²) in [6.07, 6.45) is 65.3. The summed E-state index contributed by atoms with van der Waals surface area (Å²) >= 11 is 28.0. The summed E-state index contributed by atoms with van der Waals surface area (Å²) in [4.78, 5) is 0. The maximum absolute atomic E-state index is 2.04. The van der Waals surface area contributed by atoms with Crippen LogP contribution in [-0.4, -0.2) is 200 Å². The fraction of sp³-hybridized carbons (Fsp3) is 1.00. The largest absolute Gasteiger partial charge is 0.169 e. The van der Waals surface area contributed by atoms with E-state index in [-0.39, 0.29) is 119 Å². The lowest BCUT2D eigenvalue weighted by Crippen LogP contribution is -1.25. The van der Waals surface area contributed by atoms with Crippen LogP contribution in [-0.2, 0) is 0 Å². The minimum absolute atomic E-state index is 0. The van der Waals surface area contributed by atoms with Gasteiger partial charge in [0.05, 0.1) is 0 Å². The molecule has 0 aromatic carbocycles. The predicted molar refractivity (Wildman–Crippen MR) is 419 cm³/mol. The second-order valence-electron chi connectivity index (χ2n) is 6.53. The molecular formula is C48H160S16. The number of hydrogen-bond acceptors (Lipinski definition) is 16. The van der Waals surface area contributed by atoms with Gasteiger partial charge >= 0.3 is 0 Å². The summed E-state index contributed by atoms with van der Waals surface area (Å²) in [6, 6.07) is 0. The van der Waals surface area contributed by atoms with Gasteiger partial charge in [0.15, 0.2) is 0 Å². The molecule has 0 radical (unpaired) electrons. The maximum atomic E-state index is 2.04. The molecule has 0 rings (SSSR count). The third-order valence-corrected chi connectivity index (χ3v) is 0. The molecule has 0 spiro atoms. The van der Waals surface area contributed by atoms with Gasteiger partial charge in [-0.1, -0.05) is 119 Å². The van der Waals surface area contributed by atoms with E-state index in [1.165, 1.54) is 0 Å². The molecule has 16 heteroatoms. The van der Waals surface area contributed by atoms with Gasteiger partial charge in [0.1, 0.15) is 0 Å². The Morgan fingerprint density at radius 1 is 0.0781 bits per heavy atom. The van der Waals surface area contributed by atoms with Crippen LogP contribution in [0.3, 0.4) is 0 Å². The van der Waals surface area contributed by atoms with Gasteiger partial charge in [0.2, 0.25) is 0 Å². The Morgan fingerprint density at radius 2 is 0.0781 bits per heavy atom. The zero-order valence-electron chi connectivity index (χ0n) is 38.5. The molecule has 448 valence electrons. The van der Waals surface area contributed by atoms with E-state index in [0.29, 0.717) is 0 Å². The molecule has 0 fully saturated rings. The van der Waals surface area contributed by atoms with Crippen LogP contribution in [0, 0.1) is 0 Å². The molecule has 0 amide bonds. The highest BCUT2D eigenvalue weighted by atomic mass is 32.2. The van der Waals surface area contributed by atoms with E-state index in [9.17, 15) is 0 Å². The Balaban J connectivity index is -0.00000000560. The summed E-state index contributed by atoms with van der Waals surface area (Å²) in [5.74, 6) is 0. The van der Waals surface area contributed by atoms with Crippen molar-refractivity contribution in [3.8, 4) is 0 Å². The quantitative estimate of drug-likeness (QED) is 0.226. The van der Waals surface area contributed by atoms with Crippen LogP contribution in [0.25, 0.3) is 0 Å². The summed E-state index contributed by atoms with van der Waals surface area (Å²) in [7, 11) is 0. The Kier molecular flexibility index (Phi) is 2430. The van der Waals surface area contributed by atoms with Crippen LogP contribution in [0.4, 0.5) is 0 Å². The fourth-order valence-electron chi connectivity index (χ4n) is 0. The minimum atomic E-state index is 0. The normalized spacial score (nSPS) is 4.50. The van der Waals surface area contributed by atoms with E-state index in [1.807, 2.05) is 200 Å². The molecule has 0 N–H and O–H groups in total. The van der Waals surface area contributed by atoms with Gasteiger partial charge in [-0.2, -0.15) is 188 Å². The van der Waals surface area contributed by atoms with E-state index < -0.39 is 0 Å². The summed E-state index contributed by atoms with van der Waals surface area (Å²) in [5.41, 5.74) is 0. The van der Waals surface area contributed by atoms with Crippen molar-refractivity contribution in [3.05, 3.63) is 0 Å². The Labute approximate surface area is 501 Å². The van der Waals surface area contributed by atoms with Crippen LogP contribution in [0.15, 0.2) is 0 Å². The number of thioether (sulfide) groups is 16. The van der Waals surface area contributed by atoms with Crippen molar-refractivity contribution in [1.29, 1.82) is 0 Å². The van der Waals surface area contributed by atoms with Crippen LogP contribution in [0.2, 0.25) is 0 Å². The highest BCUT2D eigenvalue weighted by Gasteiger charge is 1.37. The van der Waals surface area contributed by atoms with Gasteiger partial charge in [0.25, 0.3) is 0 Å². The highest BCUT2D eigenvalue weighted by molar-refractivity contribution is 8.00. The molecule has 0 saturated heterocycles. The van der Waals surface area contributed by atoms with E-state index in [4.69, 9.17) is 0 Å². The molecule has 0 unspecified atom stereocenters. The third-order valence-electron chi connectivity index (χ3n) is 0. The molecule has 0 bridgehead atoms. The number of rotatable bonds is 0. The standard InChI is InChI=1S/16C2H6S.16CH4/c16*1-3-2;;;;;;;;;;;;;;;;/h16*1-2H3;16*1H4. The summed E-state index contributed by atoms with van der Waals surface area (Å²) in [6.45, 7) is 0. The molecule has 0 atom stereocenters. The molecule has 0 saturated carbocycles. The second kappa shape index (κ2) is 672. The van der Waals surface area contributed by atoms with E-state index >= 15 is 0 Å². The molecule has 64 heavy (non-hydrogen) atoms. The fourth-order valence-corrected chi connectivity index (χ4v) is 0. The topological polar surface area (TPSA) is 0 Å². The molecule has 0 aromatic heterocycles. The van der Waals surface area contributed by atoms with Gasteiger partial charge in [-0.15, -0.1) is 0 Å². The second-order valence-corrected chi connectivity index (χ2v) is 19.6. The first-order chi connectivity index (χ1) is 22.6. The molecular weight excluding hydrogens is 1090 g/mol. The Hall–Kier alpha value is 5.60. The maximum Gasteiger partial charge on any atom is -0.0187 e. The van der Waals surface area contributed by atoms with Crippen molar-refractivity contribution in [2.45, 2.75) is 119 Å². The highest BCUT2D eigenvalue weighted by Crippen LogP contribution is 1.74. The van der Waals surface area contributed by atoms with Gasteiger partial charge in [-0.3, -0.25) is 0 Å². The molecule has 0 aromatic rings. The third kappa shape index (κ3) is 9560. The molecule has 0 heterocycles. The average molecular weight is 1250 g/mol. The Bertz CT molecular complexity index is 116. The van der Waals surface area contributed by atoms with Gasteiger partial charge in [0, 0.05) is 0 Å². The first-order valence-electron chi connectivity index (χ1n) is 13.1. The lowest BCUT2D eigenvalue weighted by Gasteiger charge is -1.51. The number of hydrogen-bond donors (Lipinski definition) is 0. The average Bonchev–Trinajstić information content (AvgIpc) is 2.96. The smallest absolute Gasteiger partial charge is 0.0187 e. The van der Waals surface area contributed by atoms with Crippen LogP contribution in [0.1, 0.15) is 119 Å². The lowest BCUT2D eigenvalue weighted by molar-refractivity contribution is 2.37. The van der Waals surface area contributed by atoms with Crippen LogP contribution < -0.4 is 0 Å². The van der Waals surface area contributed by atoms with E-state index in [0.717, 1.165) is 0 Å². The zero-order chi connectivity index (χ0) is 43.3. The van der Waals surface area contributed by atoms with Crippen molar-refractivity contribution < 1.29 is 0 Å². The molecule has 0 nitrogen and oxygen atoms in total. The summed E-state index contributed by atoms with van der Waals surface area (Å²) in [5, 5.41) is 0. The van der Waals surface area contributed by atoms with Crippen LogP contribution in [0.5, 0.6) is 0 Å². The van der Waals surface area contributed by atoms with Crippen molar-refractivity contribution >= 4 is 188 Å². The minimum Gasteiger partial charge on any atom is -0.169 e. The summed E-state index contributed by atoms with van der Waals surface area (Å²) < 4.78 is 0. The molecule has 0 aliphatic heterocycles. The zero-order valence-corrected chi connectivity index (χ0v) is 51.6. The van der Waals surface area contributed by atoms with E-state index in [2.05, 4.69) is 0 Å². The molecule has 0 aliphatic rings. The van der Waals surface area contributed by atoms with Crippen molar-refractivity contribution in [2.75, 3.05) is 200 Å².